The van der Waals surface area contributed by atoms with Gasteiger partial charge in [0.05, 0.1) is 11.0 Å². The zero-order chi connectivity index (χ0) is 16.1. The molecule has 0 spiro atoms. The van der Waals surface area contributed by atoms with Crippen molar-refractivity contribution in [2.24, 2.45) is 0 Å². The second kappa shape index (κ2) is 7.01. The van der Waals surface area contributed by atoms with Crippen LogP contribution in [0.2, 0.25) is 0 Å². The average Bonchev–Trinajstić information content (AvgIpc) is 2.59. The van der Waals surface area contributed by atoms with Crippen LogP contribution in [0.5, 0.6) is 0 Å². The van der Waals surface area contributed by atoms with Crippen molar-refractivity contribution in [3.05, 3.63) is 71.5 Å². The van der Waals surface area contributed by atoms with Gasteiger partial charge in [-0.25, -0.2) is 0 Å². The van der Waals surface area contributed by atoms with Gasteiger partial charge in [0.1, 0.15) is 0 Å². The highest BCUT2D eigenvalue weighted by molar-refractivity contribution is 5.77. The number of benzene rings is 2. The maximum Gasteiger partial charge on any atom is 0.220 e. The quantitative estimate of drug-likeness (QED) is 0.787. The molecule has 0 aliphatic heterocycles. The van der Waals surface area contributed by atoms with E-state index < -0.39 is 0 Å². The Morgan fingerprint density at radius 3 is 2.43 bits per heavy atom. The molecule has 0 saturated heterocycles. The third kappa shape index (κ3) is 4.13. The number of carbonyl (C=O) groups excluding carboxylic acids is 1. The summed E-state index contributed by atoms with van der Waals surface area (Å²) in [4.78, 5) is 20.5. The maximum atomic E-state index is 12.0. The van der Waals surface area contributed by atoms with Crippen molar-refractivity contribution in [3.63, 3.8) is 0 Å². The normalized spacial score (nSPS) is 10.7. The Morgan fingerprint density at radius 1 is 0.957 bits per heavy atom. The molecule has 0 bridgehead atoms. The number of fused-ring (bicyclic) bond motifs is 1. The van der Waals surface area contributed by atoms with E-state index in [-0.39, 0.29) is 5.91 Å². The van der Waals surface area contributed by atoms with Crippen molar-refractivity contribution in [3.8, 4) is 0 Å². The average molecular weight is 305 g/mol. The fourth-order valence-electron chi connectivity index (χ4n) is 2.42. The van der Waals surface area contributed by atoms with Crippen molar-refractivity contribution in [1.29, 1.82) is 0 Å². The predicted octanol–water partition coefficient (Wildman–Crippen LogP) is 3.19. The number of aromatic nitrogens is 2. The summed E-state index contributed by atoms with van der Waals surface area (Å²) in [5.41, 5.74) is 5.16. The highest BCUT2D eigenvalue weighted by Crippen LogP contribution is 2.11. The third-order valence-corrected chi connectivity index (χ3v) is 3.78. The second-order valence-electron chi connectivity index (χ2n) is 5.64. The van der Waals surface area contributed by atoms with E-state index in [9.17, 15) is 4.79 Å². The standard InChI is InChI=1S/C19H19N3O/c1-14-2-4-15(5-3-14)7-9-19(23)22-13-16-6-8-17-18(12-16)21-11-10-20-17/h2-6,8,10-12H,7,9,13H2,1H3,(H,22,23). The van der Waals surface area contributed by atoms with Crippen molar-refractivity contribution in [2.45, 2.75) is 26.3 Å². The number of rotatable bonds is 5. The highest BCUT2D eigenvalue weighted by Gasteiger charge is 2.04. The molecule has 0 saturated carbocycles. The van der Waals surface area contributed by atoms with E-state index in [1.165, 1.54) is 11.1 Å². The molecule has 1 heterocycles. The number of carbonyl (C=O) groups is 1. The van der Waals surface area contributed by atoms with Gasteiger partial charge in [0.2, 0.25) is 5.91 Å². The van der Waals surface area contributed by atoms with Crippen LogP contribution in [-0.4, -0.2) is 15.9 Å². The molecular weight excluding hydrogens is 286 g/mol. The summed E-state index contributed by atoms with van der Waals surface area (Å²) in [5.74, 6) is 0.0600. The summed E-state index contributed by atoms with van der Waals surface area (Å²) < 4.78 is 0. The number of amides is 1. The Kier molecular flexibility index (Phi) is 4.62. The minimum absolute atomic E-state index is 0.0600. The highest BCUT2D eigenvalue weighted by atomic mass is 16.1. The number of hydrogen-bond donors (Lipinski definition) is 1. The van der Waals surface area contributed by atoms with Crippen LogP contribution in [0, 0.1) is 6.92 Å². The van der Waals surface area contributed by atoms with E-state index in [2.05, 4.69) is 46.5 Å². The van der Waals surface area contributed by atoms with Gasteiger partial charge < -0.3 is 5.32 Å². The topological polar surface area (TPSA) is 54.9 Å². The Labute approximate surface area is 135 Å². The van der Waals surface area contributed by atoms with Crippen LogP contribution in [0.3, 0.4) is 0 Å². The summed E-state index contributed by atoms with van der Waals surface area (Å²) in [6, 6.07) is 14.2. The van der Waals surface area contributed by atoms with Crippen LogP contribution in [0.25, 0.3) is 11.0 Å². The van der Waals surface area contributed by atoms with E-state index >= 15 is 0 Å². The minimum atomic E-state index is 0.0600. The maximum absolute atomic E-state index is 12.0. The minimum Gasteiger partial charge on any atom is -0.352 e. The summed E-state index contributed by atoms with van der Waals surface area (Å²) in [5, 5.41) is 2.96. The van der Waals surface area contributed by atoms with Gasteiger partial charge in [-0.3, -0.25) is 14.8 Å². The first-order valence-electron chi connectivity index (χ1n) is 7.72. The predicted molar refractivity (Wildman–Crippen MR) is 90.9 cm³/mol. The number of hydrogen-bond acceptors (Lipinski definition) is 3. The van der Waals surface area contributed by atoms with Crippen molar-refractivity contribution in [2.75, 3.05) is 0 Å². The van der Waals surface area contributed by atoms with Crippen LogP contribution in [-0.2, 0) is 17.8 Å². The van der Waals surface area contributed by atoms with Gasteiger partial charge in [0.25, 0.3) is 0 Å². The lowest BCUT2D eigenvalue weighted by Gasteiger charge is -2.06. The number of aryl methyl sites for hydroxylation is 2. The summed E-state index contributed by atoms with van der Waals surface area (Å²) in [6.07, 6.45) is 4.60. The first-order valence-corrected chi connectivity index (χ1v) is 7.72. The lowest BCUT2D eigenvalue weighted by molar-refractivity contribution is -0.121. The monoisotopic (exact) mass is 305 g/mol. The molecule has 0 atom stereocenters. The molecule has 0 radical (unpaired) electrons. The van der Waals surface area contributed by atoms with Gasteiger partial charge in [-0.15, -0.1) is 0 Å². The van der Waals surface area contributed by atoms with Crippen LogP contribution < -0.4 is 5.32 Å². The van der Waals surface area contributed by atoms with Crippen molar-refractivity contribution >= 4 is 16.9 Å². The van der Waals surface area contributed by atoms with Gasteiger partial charge in [-0.2, -0.15) is 0 Å². The largest absolute Gasteiger partial charge is 0.352 e. The van der Waals surface area contributed by atoms with Crippen LogP contribution in [0.15, 0.2) is 54.9 Å². The van der Waals surface area contributed by atoms with Gasteiger partial charge in [-0.1, -0.05) is 35.9 Å². The SMILES string of the molecule is Cc1ccc(CCC(=O)NCc2ccc3nccnc3c2)cc1. The summed E-state index contributed by atoms with van der Waals surface area (Å²) in [6.45, 7) is 2.57. The van der Waals surface area contributed by atoms with Gasteiger partial charge in [0.15, 0.2) is 0 Å². The molecule has 1 N–H and O–H groups in total. The van der Waals surface area contributed by atoms with Crippen LogP contribution in [0.4, 0.5) is 0 Å². The smallest absolute Gasteiger partial charge is 0.220 e. The third-order valence-electron chi connectivity index (χ3n) is 3.78. The Hall–Kier alpha value is -2.75. The van der Waals surface area contributed by atoms with E-state index in [4.69, 9.17) is 0 Å². The molecule has 116 valence electrons. The van der Waals surface area contributed by atoms with E-state index in [1.54, 1.807) is 12.4 Å². The Bertz CT molecular complexity index is 812. The zero-order valence-electron chi connectivity index (χ0n) is 13.1. The Morgan fingerprint density at radius 2 is 1.65 bits per heavy atom. The van der Waals surface area contributed by atoms with E-state index in [0.29, 0.717) is 13.0 Å². The van der Waals surface area contributed by atoms with E-state index in [0.717, 1.165) is 23.0 Å². The molecule has 3 aromatic rings. The fraction of sp³-hybridized carbons (Fsp3) is 0.211. The van der Waals surface area contributed by atoms with Crippen LogP contribution >= 0.6 is 0 Å². The lowest BCUT2D eigenvalue weighted by Crippen LogP contribution is -2.23. The first kappa shape index (κ1) is 15.2. The molecule has 23 heavy (non-hydrogen) atoms. The van der Waals surface area contributed by atoms with Gasteiger partial charge in [0, 0.05) is 25.4 Å². The lowest BCUT2D eigenvalue weighted by atomic mass is 10.1. The molecule has 3 rings (SSSR count). The summed E-state index contributed by atoms with van der Waals surface area (Å²) in [7, 11) is 0. The summed E-state index contributed by atoms with van der Waals surface area (Å²) >= 11 is 0. The molecular formula is C19H19N3O. The van der Waals surface area contributed by atoms with Gasteiger partial charge in [-0.05, 0) is 36.6 Å². The zero-order valence-corrected chi connectivity index (χ0v) is 13.1. The number of nitrogens with one attached hydrogen (secondary N) is 1. The molecule has 1 aromatic heterocycles. The van der Waals surface area contributed by atoms with Crippen molar-refractivity contribution < 1.29 is 4.79 Å². The fourth-order valence-corrected chi connectivity index (χ4v) is 2.42. The van der Waals surface area contributed by atoms with Crippen LogP contribution in [0.1, 0.15) is 23.1 Å². The van der Waals surface area contributed by atoms with Crippen molar-refractivity contribution in [1.82, 2.24) is 15.3 Å². The second-order valence-corrected chi connectivity index (χ2v) is 5.64. The molecule has 2 aromatic carbocycles. The van der Waals surface area contributed by atoms with Gasteiger partial charge >= 0.3 is 0 Å². The molecule has 4 nitrogen and oxygen atoms in total. The Balaban J connectivity index is 1.52. The van der Waals surface area contributed by atoms with E-state index in [1.807, 2.05) is 18.2 Å². The molecule has 0 unspecified atom stereocenters. The number of nitrogens with zero attached hydrogens (tertiary/aromatic N) is 2. The molecule has 1 amide bonds. The molecule has 0 aliphatic carbocycles. The molecule has 0 fully saturated rings. The molecule has 0 aliphatic rings. The molecule has 4 heteroatoms. The first-order chi connectivity index (χ1) is 11.2.